The molecule has 170 valence electrons. The lowest BCUT2D eigenvalue weighted by atomic mass is 9.79. The summed E-state index contributed by atoms with van der Waals surface area (Å²) in [5, 5.41) is 33.2. The number of carbonyl (C=O) groups excluding carboxylic acids is 1. The van der Waals surface area contributed by atoms with E-state index in [-0.39, 0.29) is 41.5 Å². The van der Waals surface area contributed by atoms with E-state index in [1.54, 1.807) is 18.7 Å². The molecule has 3 aliphatic rings. The lowest BCUT2D eigenvalue weighted by molar-refractivity contribution is -0.752. The third-order valence-electron chi connectivity index (χ3n) is 6.98. The van der Waals surface area contributed by atoms with Crippen molar-refractivity contribution >= 4 is 23.6 Å². The predicted octanol–water partition coefficient (Wildman–Crippen LogP) is -0.498. The maximum atomic E-state index is 12.5. The molecular weight excluding hydrogens is 420 g/mol. The molecule has 0 bridgehead atoms. The van der Waals surface area contributed by atoms with Gasteiger partial charge < -0.3 is 25.5 Å². The first-order chi connectivity index (χ1) is 14.6. The summed E-state index contributed by atoms with van der Waals surface area (Å²) in [7, 11) is 3.86. The van der Waals surface area contributed by atoms with Crippen LogP contribution >= 0.6 is 11.8 Å². The number of rotatable bonds is 7. The zero-order valence-electron chi connectivity index (χ0n) is 18.3. The van der Waals surface area contributed by atoms with Gasteiger partial charge in [-0.25, -0.2) is 4.79 Å². The molecule has 0 saturated carbocycles. The molecule has 1 aromatic rings. The molecule has 4 rings (SSSR count). The second kappa shape index (κ2) is 8.23. The molecule has 3 aliphatic heterocycles. The van der Waals surface area contributed by atoms with Crippen LogP contribution in [0.3, 0.4) is 0 Å². The van der Waals surface area contributed by atoms with Crippen LogP contribution < -0.4 is 10.00 Å². The number of aliphatic carboxylic acids is 1. The number of nitrogens with one attached hydrogen (secondary N) is 1. The molecule has 0 aliphatic carbocycles. The minimum absolute atomic E-state index is 0.0142. The van der Waals surface area contributed by atoms with Gasteiger partial charge in [0.1, 0.15) is 11.4 Å². The third kappa shape index (κ3) is 3.59. The highest BCUT2D eigenvalue weighted by atomic mass is 32.2. The molecule has 4 heterocycles. The van der Waals surface area contributed by atoms with Gasteiger partial charge >= 0.3 is 5.97 Å². The molecule has 2 saturated heterocycles. The average Bonchev–Trinajstić information content (AvgIpc) is 3.31. The van der Waals surface area contributed by atoms with Crippen molar-refractivity contribution in [1.29, 1.82) is 0 Å². The topological polar surface area (TPSA) is 119 Å². The molecule has 1 aromatic heterocycles. The van der Waals surface area contributed by atoms with E-state index in [1.165, 1.54) is 4.90 Å². The lowest BCUT2D eigenvalue weighted by Crippen LogP contribution is -2.63. The number of aromatic nitrogens is 2. The Morgan fingerprint density at radius 3 is 2.77 bits per heavy atom. The van der Waals surface area contributed by atoms with Crippen LogP contribution in [0.25, 0.3) is 0 Å². The van der Waals surface area contributed by atoms with Crippen LogP contribution in [0, 0.1) is 11.8 Å². The molecular formula is C21H31N4O5S+. The van der Waals surface area contributed by atoms with Crippen LogP contribution in [0.4, 0.5) is 0 Å². The molecule has 2 fully saturated rings. The zero-order chi connectivity index (χ0) is 22.6. The van der Waals surface area contributed by atoms with E-state index in [2.05, 4.69) is 5.32 Å². The lowest BCUT2D eigenvalue weighted by Gasteiger charge is -2.46. The van der Waals surface area contributed by atoms with Gasteiger partial charge in [0.25, 0.3) is 0 Å². The Hall–Kier alpha value is -1.88. The fraction of sp³-hybridized carbons (Fsp3) is 0.667. The minimum atomic E-state index is -1.08. The number of nitrogens with zero attached hydrogens (tertiary/aromatic N) is 3. The van der Waals surface area contributed by atoms with Crippen LogP contribution in [-0.4, -0.2) is 66.8 Å². The number of carboxylic acid groups (broad SMARTS) is 1. The van der Waals surface area contributed by atoms with Gasteiger partial charge in [0, 0.05) is 34.2 Å². The molecule has 31 heavy (non-hydrogen) atoms. The van der Waals surface area contributed by atoms with Crippen LogP contribution in [0.2, 0.25) is 0 Å². The van der Waals surface area contributed by atoms with Crippen molar-refractivity contribution in [3.8, 4) is 0 Å². The molecule has 4 N–H and O–H groups in total. The molecule has 10 heteroatoms. The van der Waals surface area contributed by atoms with Gasteiger partial charge in [0.15, 0.2) is 13.2 Å². The standard InChI is InChI=1S/C21H30N4O5S/c1-10-17-16(11(2)27)20(28)25(17)18(21(29)30)19(10)31-14-6-13(22-7-14)5-12-8-23(3)24(4)15(12)9-26/h8,10-11,13-14,16-17,22,26-27H,5-7,9H2,1-4H3/p+1/t10-,11-,13-,14+,16-,17-/m1/s1. The summed E-state index contributed by atoms with van der Waals surface area (Å²) >= 11 is 1.56. The number of aliphatic hydroxyl groups excluding tert-OH is 2. The quantitative estimate of drug-likeness (QED) is 0.326. The average molecular weight is 452 g/mol. The van der Waals surface area contributed by atoms with Gasteiger partial charge in [-0.05, 0) is 19.8 Å². The smallest absolute Gasteiger partial charge is 0.353 e. The fourth-order valence-corrected chi connectivity index (χ4v) is 6.83. The van der Waals surface area contributed by atoms with Crippen LogP contribution in [0.1, 0.15) is 31.5 Å². The van der Waals surface area contributed by atoms with E-state index in [0.717, 1.165) is 35.5 Å². The van der Waals surface area contributed by atoms with E-state index in [4.69, 9.17) is 0 Å². The van der Waals surface area contributed by atoms with Crippen LogP contribution in [0.15, 0.2) is 16.8 Å². The summed E-state index contributed by atoms with van der Waals surface area (Å²) in [5.41, 5.74) is 2.09. The Morgan fingerprint density at radius 2 is 2.16 bits per heavy atom. The number of amides is 1. The Kier molecular flexibility index (Phi) is 5.93. The van der Waals surface area contributed by atoms with Crippen molar-refractivity contribution in [2.45, 2.75) is 56.7 Å². The van der Waals surface area contributed by atoms with Crippen molar-refractivity contribution in [2.24, 2.45) is 25.9 Å². The Labute approximate surface area is 185 Å². The number of hydrogen-bond donors (Lipinski definition) is 4. The third-order valence-corrected chi connectivity index (χ3v) is 8.49. The zero-order valence-corrected chi connectivity index (χ0v) is 19.1. The number of carboxylic acids is 1. The Morgan fingerprint density at radius 1 is 1.45 bits per heavy atom. The molecule has 0 spiro atoms. The molecule has 9 nitrogen and oxygen atoms in total. The minimum Gasteiger partial charge on any atom is -0.477 e. The van der Waals surface area contributed by atoms with Gasteiger partial charge in [-0.2, -0.15) is 4.68 Å². The molecule has 6 atom stereocenters. The van der Waals surface area contributed by atoms with E-state index in [1.807, 2.05) is 36.6 Å². The van der Waals surface area contributed by atoms with Gasteiger partial charge in [-0.15, -0.1) is 16.4 Å². The summed E-state index contributed by atoms with van der Waals surface area (Å²) < 4.78 is 3.88. The molecule has 0 radical (unpaired) electrons. The van der Waals surface area contributed by atoms with Crippen molar-refractivity contribution < 1.29 is 29.6 Å². The van der Waals surface area contributed by atoms with Crippen LogP contribution in [-0.2, 0) is 36.7 Å². The highest BCUT2D eigenvalue weighted by Gasteiger charge is 2.60. The normalized spacial score (nSPS) is 31.2. The Bertz CT molecular complexity index is 942. The van der Waals surface area contributed by atoms with Crippen LogP contribution in [0.5, 0.6) is 0 Å². The van der Waals surface area contributed by atoms with E-state index in [9.17, 15) is 24.9 Å². The highest BCUT2D eigenvalue weighted by Crippen LogP contribution is 2.51. The largest absolute Gasteiger partial charge is 0.477 e. The molecule has 0 unspecified atom stereocenters. The SMILES string of the molecule is C[C@@H](O)[C@H]1C(=O)N2C(C(=O)O)=C(S[C@@H]3CN[C@H](Cc4c[n+](C)n(C)c4CO)C3)[C@H](C)[C@H]12. The Balaban J connectivity index is 1.47. The summed E-state index contributed by atoms with van der Waals surface area (Å²) in [6.45, 7) is 4.28. The maximum absolute atomic E-state index is 12.5. The number of thioether (sulfide) groups is 1. The predicted molar refractivity (Wildman–Crippen MR) is 114 cm³/mol. The van der Waals surface area contributed by atoms with E-state index in [0.29, 0.717) is 0 Å². The maximum Gasteiger partial charge on any atom is 0.353 e. The van der Waals surface area contributed by atoms with Gasteiger partial charge in [0.2, 0.25) is 5.91 Å². The number of β-lactam (4-membered cyclic amide) rings is 1. The number of hydrogen-bond acceptors (Lipinski definition) is 6. The summed E-state index contributed by atoms with van der Waals surface area (Å²) in [6.07, 6.45) is 2.90. The summed E-state index contributed by atoms with van der Waals surface area (Å²) in [5.74, 6) is -2.02. The fourth-order valence-electron chi connectivity index (χ4n) is 5.31. The monoisotopic (exact) mass is 451 g/mol. The molecule has 0 aromatic carbocycles. The van der Waals surface area contributed by atoms with Crippen molar-refractivity contribution in [2.75, 3.05) is 6.54 Å². The second-order valence-electron chi connectivity index (χ2n) is 8.91. The first kappa shape index (κ1) is 22.3. The molecule has 1 amide bonds. The number of carbonyl (C=O) groups is 2. The summed E-state index contributed by atoms with van der Waals surface area (Å²) in [4.78, 5) is 26.6. The first-order valence-electron chi connectivity index (χ1n) is 10.7. The van der Waals surface area contributed by atoms with E-state index < -0.39 is 18.0 Å². The first-order valence-corrected chi connectivity index (χ1v) is 11.6. The number of aryl methyl sites for hydroxylation is 1. The summed E-state index contributed by atoms with van der Waals surface area (Å²) in [6, 6.07) is -0.0395. The number of fused-ring (bicyclic) bond motifs is 1. The van der Waals surface area contributed by atoms with Crippen molar-refractivity contribution in [3.05, 3.63) is 28.1 Å². The highest BCUT2D eigenvalue weighted by molar-refractivity contribution is 8.03. The second-order valence-corrected chi connectivity index (χ2v) is 10.3. The van der Waals surface area contributed by atoms with E-state index >= 15 is 0 Å². The van der Waals surface area contributed by atoms with Gasteiger partial charge in [0.05, 0.1) is 31.7 Å². The van der Waals surface area contributed by atoms with Gasteiger partial charge in [-0.3, -0.25) is 4.79 Å². The van der Waals surface area contributed by atoms with Gasteiger partial charge in [-0.1, -0.05) is 6.92 Å². The number of aliphatic hydroxyl groups is 2. The van der Waals surface area contributed by atoms with Crippen molar-refractivity contribution in [3.63, 3.8) is 0 Å². The van der Waals surface area contributed by atoms with Crippen molar-refractivity contribution in [1.82, 2.24) is 14.9 Å².